The molecule has 2 amide bonds. The van der Waals surface area contributed by atoms with Crippen LogP contribution in [-0.4, -0.2) is 54.2 Å². The number of hydrogen-bond donors (Lipinski definition) is 1. The Labute approximate surface area is 120 Å². The van der Waals surface area contributed by atoms with Crippen molar-refractivity contribution in [2.45, 2.75) is 44.4 Å². The van der Waals surface area contributed by atoms with Crippen LogP contribution >= 0.6 is 0 Å². The first-order valence-corrected chi connectivity index (χ1v) is 6.93. The van der Waals surface area contributed by atoms with Gasteiger partial charge >= 0.3 is 6.18 Å². The van der Waals surface area contributed by atoms with Gasteiger partial charge in [-0.05, 0) is 32.6 Å². The standard InChI is InChI=1S/C13H19F3N2O3/c1-8-10(19)18(5-6-21-7-13(14,15)16)12(2,9-3-4-9)11(20)17-8/h8-9H,3-7H2,1-2H3,(H,17,20). The lowest BCUT2D eigenvalue weighted by atomic mass is 9.88. The number of amides is 2. The number of alkyl halides is 3. The molecule has 2 fully saturated rings. The van der Waals surface area contributed by atoms with Gasteiger partial charge in [-0.15, -0.1) is 0 Å². The molecule has 1 heterocycles. The minimum Gasteiger partial charge on any atom is -0.370 e. The number of nitrogens with one attached hydrogen (secondary N) is 1. The molecule has 0 bridgehead atoms. The number of hydrogen-bond acceptors (Lipinski definition) is 3. The number of carbonyl (C=O) groups excluding carboxylic acids is 2. The third-order valence-electron chi connectivity index (χ3n) is 4.10. The highest BCUT2D eigenvalue weighted by atomic mass is 19.4. The van der Waals surface area contributed by atoms with Gasteiger partial charge < -0.3 is 15.0 Å². The first-order valence-electron chi connectivity index (χ1n) is 6.93. The van der Waals surface area contributed by atoms with E-state index in [0.717, 1.165) is 12.8 Å². The van der Waals surface area contributed by atoms with Crippen molar-refractivity contribution < 1.29 is 27.5 Å². The van der Waals surface area contributed by atoms with Crippen LogP contribution in [0.4, 0.5) is 13.2 Å². The van der Waals surface area contributed by atoms with Crippen molar-refractivity contribution in [1.82, 2.24) is 10.2 Å². The summed E-state index contributed by atoms with van der Waals surface area (Å²) in [5.41, 5.74) is -0.981. The van der Waals surface area contributed by atoms with Gasteiger partial charge in [0, 0.05) is 6.54 Å². The summed E-state index contributed by atoms with van der Waals surface area (Å²) in [5.74, 6) is -0.455. The highest BCUT2D eigenvalue weighted by Crippen LogP contribution is 2.44. The third-order valence-corrected chi connectivity index (χ3v) is 4.10. The molecule has 8 heteroatoms. The van der Waals surface area contributed by atoms with Crippen molar-refractivity contribution in [2.75, 3.05) is 19.8 Å². The van der Waals surface area contributed by atoms with Crippen LogP contribution < -0.4 is 5.32 Å². The molecule has 1 saturated heterocycles. The number of ether oxygens (including phenoxy) is 1. The molecule has 1 aliphatic carbocycles. The molecule has 1 N–H and O–H groups in total. The summed E-state index contributed by atoms with van der Waals surface area (Å²) in [7, 11) is 0. The summed E-state index contributed by atoms with van der Waals surface area (Å²) in [6.07, 6.45) is -2.71. The number of halogens is 3. The van der Waals surface area contributed by atoms with Crippen LogP contribution in [0.1, 0.15) is 26.7 Å². The summed E-state index contributed by atoms with van der Waals surface area (Å²) in [5, 5.41) is 2.63. The Morgan fingerprint density at radius 1 is 1.38 bits per heavy atom. The van der Waals surface area contributed by atoms with E-state index in [1.807, 2.05) is 0 Å². The third kappa shape index (κ3) is 3.30. The summed E-state index contributed by atoms with van der Waals surface area (Å²) >= 11 is 0. The van der Waals surface area contributed by atoms with Crippen molar-refractivity contribution >= 4 is 11.8 Å². The van der Waals surface area contributed by atoms with E-state index in [9.17, 15) is 22.8 Å². The van der Waals surface area contributed by atoms with E-state index >= 15 is 0 Å². The molecule has 1 saturated carbocycles. The fourth-order valence-electron chi connectivity index (χ4n) is 2.73. The maximum atomic E-state index is 12.2. The molecule has 120 valence electrons. The zero-order valence-corrected chi connectivity index (χ0v) is 12.0. The lowest BCUT2D eigenvalue weighted by Crippen LogP contribution is -2.70. The Hall–Kier alpha value is -1.31. The predicted octanol–water partition coefficient (Wildman–Crippen LogP) is 1.08. The molecule has 2 aliphatic rings. The lowest BCUT2D eigenvalue weighted by Gasteiger charge is -2.46. The van der Waals surface area contributed by atoms with Gasteiger partial charge in [-0.1, -0.05) is 0 Å². The van der Waals surface area contributed by atoms with Crippen LogP contribution in [0.15, 0.2) is 0 Å². The maximum absolute atomic E-state index is 12.2. The molecular weight excluding hydrogens is 289 g/mol. The molecule has 1 aliphatic heterocycles. The number of carbonyl (C=O) groups is 2. The Balaban J connectivity index is 2.02. The Kier molecular flexibility index (Phi) is 4.19. The van der Waals surface area contributed by atoms with Crippen LogP contribution in [0.2, 0.25) is 0 Å². The highest BCUT2D eigenvalue weighted by molar-refractivity contribution is 5.99. The first-order chi connectivity index (χ1) is 9.66. The predicted molar refractivity (Wildman–Crippen MR) is 67.3 cm³/mol. The van der Waals surface area contributed by atoms with Gasteiger partial charge in [-0.25, -0.2) is 0 Å². The smallest absolute Gasteiger partial charge is 0.370 e. The maximum Gasteiger partial charge on any atom is 0.411 e. The topological polar surface area (TPSA) is 58.6 Å². The number of piperazine rings is 1. The fraction of sp³-hybridized carbons (Fsp3) is 0.846. The SMILES string of the molecule is CC1NC(=O)C(C)(C2CC2)N(CCOCC(F)(F)F)C1=O. The second-order valence-electron chi connectivity index (χ2n) is 5.77. The van der Waals surface area contributed by atoms with Crippen molar-refractivity contribution in [3.05, 3.63) is 0 Å². The molecule has 0 aromatic carbocycles. The Morgan fingerprint density at radius 2 is 2.00 bits per heavy atom. The molecule has 0 aromatic rings. The van der Waals surface area contributed by atoms with Crippen LogP contribution in [0.3, 0.4) is 0 Å². The number of nitrogens with zero attached hydrogens (tertiary/aromatic N) is 1. The highest BCUT2D eigenvalue weighted by Gasteiger charge is 2.56. The normalized spacial score (nSPS) is 30.5. The summed E-state index contributed by atoms with van der Waals surface area (Å²) in [6.45, 7) is 1.63. The van der Waals surface area contributed by atoms with Crippen molar-refractivity contribution in [3.8, 4) is 0 Å². The zero-order chi connectivity index (χ0) is 15.8. The molecular formula is C13H19F3N2O3. The monoisotopic (exact) mass is 308 g/mol. The van der Waals surface area contributed by atoms with Crippen molar-refractivity contribution in [3.63, 3.8) is 0 Å². The van der Waals surface area contributed by atoms with Crippen LogP contribution in [0.25, 0.3) is 0 Å². The zero-order valence-electron chi connectivity index (χ0n) is 12.0. The van der Waals surface area contributed by atoms with Gasteiger partial charge in [0.05, 0.1) is 6.61 Å². The minimum absolute atomic E-state index is 0.0142. The Bertz CT molecular complexity index is 437. The molecule has 0 spiro atoms. The van der Waals surface area contributed by atoms with Crippen LogP contribution in [-0.2, 0) is 14.3 Å². The van der Waals surface area contributed by atoms with Crippen molar-refractivity contribution in [1.29, 1.82) is 0 Å². The molecule has 0 aromatic heterocycles. The van der Waals surface area contributed by atoms with Crippen molar-refractivity contribution in [2.24, 2.45) is 5.92 Å². The molecule has 2 rings (SSSR count). The van der Waals surface area contributed by atoms with Gasteiger partial charge in [0.15, 0.2) is 0 Å². The molecule has 5 nitrogen and oxygen atoms in total. The lowest BCUT2D eigenvalue weighted by molar-refractivity contribution is -0.178. The van der Waals surface area contributed by atoms with Gasteiger partial charge in [0.25, 0.3) is 0 Å². The summed E-state index contributed by atoms with van der Waals surface area (Å²) in [4.78, 5) is 25.9. The second kappa shape index (κ2) is 5.47. The quantitative estimate of drug-likeness (QED) is 0.773. The largest absolute Gasteiger partial charge is 0.411 e. The van der Waals surface area contributed by atoms with Crippen LogP contribution in [0, 0.1) is 5.92 Å². The average molecular weight is 308 g/mol. The van der Waals surface area contributed by atoms with Gasteiger partial charge in [0.1, 0.15) is 18.2 Å². The van der Waals surface area contributed by atoms with Gasteiger partial charge in [-0.3, -0.25) is 9.59 Å². The average Bonchev–Trinajstić information content (AvgIpc) is 3.18. The molecule has 2 atom stereocenters. The van der Waals surface area contributed by atoms with E-state index in [4.69, 9.17) is 0 Å². The van der Waals surface area contributed by atoms with E-state index < -0.39 is 24.4 Å². The van der Waals surface area contributed by atoms with Gasteiger partial charge in [-0.2, -0.15) is 13.2 Å². The van der Waals surface area contributed by atoms with E-state index in [1.54, 1.807) is 13.8 Å². The molecule has 21 heavy (non-hydrogen) atoms. The van der Waals surface area contributed by atoms with E-state index in [1.165, 1.54) is 4.90 Å². The van der Waals surface area contributed by atoms with E-state index in [0.29, 0.717) is 0 Å². The Morgan fingerprint density at radius 3 is 2.52 bits per heavy atom. The first kappa shape index (κ1) is 16.1. The number of rotatable bonds is 5. The summed E-state index contributed by atoms with van der Waals surface area (Å²) in [6, 6.07) is -0.660. The fourth-order valence-corrected chi connectivity index (χ4v) is 2.73. The molecule has 0 radical (unpaired) electrons. The van der Waals surface area contributed by atoms with Gasteiger partial charge in [0.2, 0.25) is 11.8 Å². The minimum atomic E-state index is -4.39. The summed E-state index contributed by atoms with van der Waals surface area (Å²) < 4.78 is 40.7. The van der Waals surface area contributed by atoms with E-state index in [2.05, 4.69) is 10.1 Å². The van der Waals surface area contributed by atoms with E-state index in [-0.39, 0.29) is 30.9 Å². The second-order valence-corrected chi connectivity index (χ2v) is 5.77. The van der Waals surface area contributed by atoms with Crippen LogP contribution in [0.5, 0.6) is 0 Å². The molecule has 2 unspecified atom stereocenters.